The molecule has 2 aliphatic rings. The van der Waals surface area contributed by atoms with Gasteiger partial charge in [-0.2, -0.15) is 5.26 Å². The van der Waals surface area contributed by atoms with E-state index in [1.807, 2.05) is 48.5 Å². The van der Waals surface area contributed by atoms with Crippen molar-refractivity contribution in [1.29, 1.82) is 5.26 Å². The number of aromatic nitrogens is 1. The molecule has 1 aromatic heterocycles. The quantitative estimate of drug-likeness (QED) is 0.461. The van der Waals surface area contributed by atoms with Crippen LogP contribution in [0.1, 0.15) is 41.2 Å². The van der Waals surface area contributed by atoms with Crippen LogP contribution < -0.4 is 15.4 Å². The van der Waals surface area contributed by atoms with E-state index in [1.54, 1.807) is 18.1 Å². The van der Waals surface area contributed by atoms with Crippen LogP contribution in [0.2, 0.25) is 0 Å². The number of likely N-dealkylation sites (tertiary alicyclic amines) is 1. The highest BCUT2D eigenvalue weighted by molar-refractivity contribution is 6.02. The van der Waals surface area contributed by atoms with Crippen molar-refractivity contribution in [2.45, 2.75) is 37.3 Å². The van der Waals surface area contributed by atoms with Gasteiger partial charge >= 0.3 is 0 Å². The number of carbonyl (C=O) groups excluding carboxylic acids is 3. The summed E-state index contributed by atoms with van der Waals surface area (Å²) in [5, 5.41) is 16.0. The lowest BCUT2D eigenvalue weighted by Gasteiger charge is -2.25. The van der Waals surface area contributed by atoms with Crippen LogP contribution >= 0.6 is 0 Å². The molecule has 0 aliphatic carbocycles. The van der Waals surface area contributed by atoms with Crippen molar-refractivity contribution in [3.05, 3.63) is 65.9 Å². The van der Waals surface area contributed by atoms with Crippen LogP contribution in [0.5, 0.6) is 5.75 Å². The average Bonchev–Trinajstić information content (AvgIpc) is 3.66. The Kier molecular flexibility index (Phi) is 6.82. The van der Waals surface area contributed by atoms with Gasteiger partial charge in [0.05, 0.1) is 13.2 Å². The zero-order valence-corrected chi connectivity index (χ0v) is 20.6. The zero-order chi connectivity index (χ0) is 25.9. The van der Waals surface area contributed by atoms with Gasteiger partial charge in [-0.05, 0) is 43.0 Å². The maximum atomic E-state index is 13.7. The Hall–Kier alpha value is -4.32. The minimum Gasteiger partial charge on any atom is -0.496 e. The Morgan fingerprint density at radius 1 is 1.22 bits per heavy atom. The molecule has 0 bridgehead atoms. The van der Waals surface area contributed by atoms with Gasteiger partial charge < -0.3 is 25.3 Å². The highest BCUT2D eigenvalue weighted by atomic mass is 16.5. The minimum atomic E-state index is -0.814. The number of hydrogen-bond acceptors (Lipinski definition) is 5. The molecule has 4 atom stereocenters. The molecule has 190 valence electrons. The van der Waals surface area contributed by atoms with Crippen molar-refractivity contribution in [1.82, 2.24) is 20.5 Å². The molecular formula is C28H29N5O4. The maximum absolute atomic E-state index is 13.7. The summed E-state index contributed by atoms with van der Waals surface area (Å²) in [5.41, 5.74) is 2.18. The highest BCUT2D eigenvalue weighted by Crippen LogP contribution is 2.34. The first kappa shape index (κ1) is 24.4. The summed E-state index contributed by atoms with van der Waals surface area (Å²) in [4.78, 5) is 44.0. The second kappa shape index (κ2) is 10.3. The number of nitrogens with zero attached hydrogens (tertiary/aromatic N) is 2. The van der Waals surface area contributed by atoms with Crippen molar-refractivity contribution >= 4 is 28.6 Å². The fourth-order valence-corrected chi connectivity index (χ4v) is 5.42. The predicted molar refractivity (Wildman–Crippen MR) is 137 cm³/mol. The van der Waals surface area contributed by atoms with E-state index >= 15 is 0 Å². The number of rotatable bonds is 7. The third-order valence-corrected chi connectivity index (χ3v) is 7.37. The summed E-state index contributed by atoms with van der Waals surface area (Å²) in [6.07, 6.45) is 1.33. The molecule has 3 aromatic rings. The van der Waals surface area contributed by atoms with Crippen molar-refractivity contribution in [2.75, 3.05) is 20.2 Å². The van der Waals surface area contributed by atoms with Crippen molar-refractivity contribution in [3.63, 3.8) is 0 Å². The third kappa shape index (κ3) is 4.87. The van der Waals surface area contributed by atoms with Gasteiger partial charge in [-0.3, -0.25) is 14.4 Å². The SMILES string of the molecule is COc1cccc2[nH]c(C(=O)N3C[C@H](c4ccccc4)C[C@H]3C(=O)N[C@H](C#N)C[C@@H]3CCNC3=O)cc12. The van der Waals surface area contributed by atoms with Gasteiger partial charge in [-0.15, -0.1) is 0 Å². The van der Waals surface area contributed by atoms with Crippen molar-refractivity contribution < 1.29 is 19.1 Å². The van der Waals surface area contributed by atoms with E-state index < -0.39 is 12.1 Å². The number of methoxy groups -OCH3 is 1. The molecule has 9 nitrogen and oxygen atoms in total. The van der Waals surface area contributed by atoms with Crippen LogP contribution in [0.4, 0.5) is 0 Å². The number of H-pyrrole nitrogens is 1. The average molecular weight is 500 g/mol. The summed E-state index contributed by atoms with van der Waals surface area (Å²) >= 11 is 0. The second-order valence-electron chi connectivity index (χ2n) is 9.62. The molecule has 37 heavy (non-hydrogen) atoms. The monoisotopic (exact) mass is 499 g/mol. The van der Waals surface area contributed by atoms with E-state index in [2.05, 4.69) is 21.7 Å². The van der Waals surface area contributed by atoms with Gasteiger partial charge in [-0.25, -0.2) is 0 Å². The Morgan fingerprint density at radius 2 is 2.03 bits per heavy atom. The molecule has 9 heteroatoms. The van der Waals surface area contributed by atoms with E-state index in [4.69, 9.17) is 4.74 Å². The summed E-state index contributed by atoms with van der Waals surface area (Å²) in [6, 6.07) is 17.7. The third-order valence-electron chi connectivity index (χ3n) is 7.37. The normalized spacial score (nSPS) is 21.9. The Morgan fingerprint density at radius 3 is 2.73 bits per heavy atom. The van der Waals surface area contributed by atoms with E-state index in [0.717, 1.165) is 16.5 Å². The van der Waals surface area contributed by atoms with Gasteiger partial charge in [0, 0.05) is 35.8 Å². The molecule has 0 unspecified atom stereocenters. The van der Waals surface area contributed by atoms with Crippen molar-refractivity contribution in [2.24, 2.45) is 5.92 Å². The van der Waals surface area contributed by atoms with E-state index in [0.29, 0.717) is 37.4 Å². The number of amides is 3. The molecule has 3 N–H and O–H groups in total. The molecule has 0 saturated carbocycles. The topological polar surface area (TPSA) is 127 Å². The Bertz CT molecular complexity index is 1360. The summed E-state index contributed by atoms with van der Waals surface area (Å²) in [7, 11) is 1.58. The lowest BCUT2D eigenvalue weighted by molar-refractivity contribution is -0.126. The fraction of sp³-hybridized carbons (Fsp3) is 0.357. The van der Waals surface area contributed by atoms with E-state index in [1.165, 1.54) is 0 Å². The summed E-state index contributed by atoms with van der Waals surface area (Å²) < 4.78 is 5.43. The number of ether oxygens (including phenoxy) is 1. The molecule has 3 heterocycles. The summed E-state index contributed by atoms with van der Waals surface area (Å²) in [6.45, 7) is 0.949. The van der Waals surface area contributed by atoms with Crippen LogP contribution in [0.3, 0.4) is 0 Å². The molecule has 2 aliphatic heterocycles. The second-order valence-corrected chi connectivity index (χ2v) is 9.62. The van der Waals surface area contributed by atoms with Crippen LogP contribution in [0.15, 0.2) is 54.6 Å². The van der Waals surface area contributed by atoms with Crippen LogP contribution in [0.25, 0.3) is 10.9 Å². The Balaban J connectivity index is 1.40. The lowest BCUT2D eigenvalue weighted by Crippen LogP contribution is -2.49. The number of nitrogens with one attached hydrogen (secondary N) is 3. The number of aromatic amines is 1. The molecular weight excluding hydrogens is 470 g/mol. The first-order valence-electron chi connectivity index (χ1n) is 12.5. The van der Waals surface area contributed by atoms with Crippen molar-refractivity contribution in [3.8, 4) is 11.8 Å². The number of fused-ring (bicyclic) bond motifs is 1. The molecule has 2 saturated heterocycles. The standard InChI is InChI=1S/C28H29N5O4/c1-37-25-9-5-8-22-21(25)14-23(32-22)28(36)33-16-19(17-6-3-2-4-7-17)13-24(33)27(35)31-20(15-29)12-18-10-11-30-26(18)34/h2-9,14,18-20,24,32H,10-13,16H2,1H3,(H,30,34)(H,31,35)/t18-,19+,20-,24-/m0/s1. The van der Waals surface area contributed by atoms with Gasteiger partial charge in [0.2, 0.25) is 11.8 Å². The number of carbonyl (C=O) groups is 3. The van der Waals surface area contributed by atoms with E-state index in [-0.39, 0.29) is 36.0 Å². The lowest BCUT2D eigenvalue weighted by atomic mass is 9.95. The highest BCUT2D eigenvalue weighted by Gasteiger charge is 2.41. The molecule has 5 rings (SSSR count). The number of benzene rings is 2. The summed E-state index contributed by atoms with van der Waals surface area (Å²) in [5.74, 6) is -0.444. The number of nitriles is 1. The molecule has 0 radical (unpaired) electrons. The van der Waals surface area contributed by atoms with Gasteiger partial charge in [0.15, 0.2) is 0 Å². The maximum Gasteiger partial charge on any atom is 0.271 e. The largest absolute Gasteiger partial charge is 0.496 e. The molecule has 2 fully saturated rings. The van der Waals surface area contributed by atoms with Gasteiger partial charge in [0.25, 0.3) is 5.91 Å². The predicted octanol–water partition coefficient (Wildman–Crippen LogP) is 2.71. The fourth-order valence-electron chi connectivity index (χ4n) is 5.42. The van der Waals surface area contributed by atoms with E-state index in [9.17, 15) is 19.6 Å². The van der Waals surface area contributed by atoms with Crippen LogP contribution in [-0.4, -0.2) is 59.9 Å². The van der Waals surface area contributed by atoms with Crippen LogP contribution in [-0.2, 0) is 9.59 Å². The Labute approximate surface area is 214 Å². The minimum absolute atomic E-state index is 0.0269. The first-order chi connectivity index (χ1) is 18.0. The molecule has 2 aromatic carbocycles. The van der Waals surface area contributed by atoms with Crippen LogP contribution in [0, 0.1) is 17.2 Å². The first-order valence-corrected chi connectivity index (χ1v) is 12.5. The number of hydrogen-bond donors (Lipinski definition) is 3. The van der Waals surface area contributed by atoms with Gasteiger partial charge in [-0.1, -0.05) is 36.4 Å². The van der Waals surface area contributed by atoms with Gasteiger partial charge in [0.1, 0.15) is 23.5 Å². The molecule has 0 spiro atoms. The smallest absolute Gasteiger partial charge is 0.271 e. The molecule has 3 amide bonds. The zero-order valence-electron chi connectivity index (χ0n) is 20.6.